The molecular formula is C14H19BrN2O3. The fourth-order valence-electron chi connectivity index (χ4n) is 1.71. The van der Waals surface area contributed by atoms with Crippen molar-refractivity contribution in [1.82, 2.24) is 9.88 Å². The Morgan fingerprint density at radius 3 is 2.60 bits per heavy atom. The molecule has 0 N–H and O–H groups in total. The van der Waals surface area contributed by atoms with Crippen molar-refractivity contribution >= 4 is 27.8 Å². The van der Waals surface area contributed by atoms with Crippen LogP contribution >= 0.6 is 15.9 Å². The van der Waals surface area contributed by atoms with E-state index < -0.39 is 5.97 Å². The average molecular weight is 343 g/mol. The zero-order chi connectivity index (χ0) is 15.1. The molecule has 1 aromatic heterocycles. The summed E-state index contributed by atoms with van der Waals surface area (Å²) in [5.41, 5.74) is 0.457. The van der Waals surface area contributed by atoms with Gasteiger partial charge in [-0.1, -0.05) is 13.8 Å². The number of carbonyl (C=O) groups is 2. The first-order valence-electron chi connectivity index (χ1n) is 6.50. The highest BCUT2D eigenvalue weighted by atomic mass is 79.9. The molecule has 1 aromatic rings. The molecule has 1 heterocycles. The van der Waals surface area contributed by atoms with E-state index in [1.165, 1.54) is 11.1 Å². The number of rotatable bonds is 6. The predicted octanol–water partition coefficient (Wildman–Crippen LogP) is 2.51. The molecule has 0 unspecified atom stereocenters. The number of hydrogen-bond donors (Lipinski definition) is 0. The van der Waals surface area contributed by atoms with Gasteiger partial charge in [0.25, 0.3) is 5.91 Å². The van der Waals surface area contributed by atoms with Gasteiger partial charge in [0.1, 0.15) is 11.1 Å². The average Bonchev–Trinajstić information content (AvgIpc) is 2.38. The third-order valence-electron chi connectivity index (χ3n) is 2.47. The molecule has 5 nitrogen and oxygen atoms in total. The summed E-state index contributed by atoms with van der Waals surface area (Å²) in [6.07, 6.45) is 1.49. The Bertz CT molecular complexity index is 460. The second-order valence-corrected chi connectivity index (χ2v) is 5.57. The minimum absolute atomic E-state index is 0.0408. The molecule has 0 spiro atoms. The Labute approximate surface area is 127 Å². The van der Waals surface area contributed by atoms with Crippen LogP contribution in [0.3, 0.4) is 0 Å². The maximum atomic E-state index is 12.4. The molecule has 0 aliphatic carbocycles. The Hall–Kier alpha value is -1.43. The van der Waals surface area contributed by atoms with E-state index in [0.29, 0.717) is 23.3 Å². The first-order valence-corrected chi connectivity index (χ1v) is 7.29. The van der Waals surface area contributed by atoms with Gasteiger partial charge in [-0.05, 0) is 40.9 Å². The SMILES string of the molecule is CCOC(=O)CN(CC(C)C)C(=O)c1ccc(Br)nc1. The lowest BCUT2D eigenvalue weighted by Gasteiger charge is -2.23. The van der Waals surface area contributed by atoms with Crippen LogP contribution in [-0.4, -0.2) is 41.5 Å². The number of aromatic nitrogens is 1. The standard InChI is InChI=1S/C14H19BrN2O3/c1-4-20-13(18)9-17(8-10(2)3)14(19)11-5-6-12(15)16-7-11/h5-7,10H,4,8-9H2,1-3H3. The number of amides is 1. The van der Waals surface area contributed by atoms with Crippen LogP contribution in [0.15, 0.2) is 22.9 Å². The first-order chi connectivity index (χ1) is 9.43. The van der Waals surface area contributed by atoms with E-state index in [4.69, 9.17) is 4.74 Å². The van der Waals surface area contributed by atoms with Crippen LogP contribution in [0, 0.1) is 5.92 Å². The highest BCUT2D eigenvalue weighted by Crippen LogP contribution is 2.10. The van der Waals surface area contributed by atoms with Gasteiger partial charge in [0.15, 0.2) is 0 Å². The lowest BCUT2D eigenvalue weighted by Crippen LogP contribution is -2.39. The van der Waals surface area contributed by atoms with Crippen molar-refractivity contribution in [1.29, 1.82) is 0 Å². The molecule has 6 heteroatoms. The first kappa shape index (κ1) is 16.6. The van der Waals surface area contributed by atoms with Crippen molar-refractivity contribution < 1.29 is 14.3 Å². The maximum absolute atomic E-state index is 12.4. The number of halogens is 1. The number of esters is 1. The highest BCUT2D eigenvalue weighted by molar-refractivity contribution is 9.10. The van der Waals surface area contributed by atoms with Crippen LogP contribution in [0.25, 0.3) is 0 Å². The zero-order valence-electron chi connectivity index (χ0n) is 11.9. The van der Waals surface area contributed by atoms with Crippen LogP contribution in [-0.2, 0) is 9.53 Å². The van der Waals surface area contributed by atoms with Crippen molar-refractivity contribution in [2.45, 2.75) is 20.8 Å². The zero-order valence-corrected chi connectivity index (χ0v) is 13.5. The van der Waals surface area contributed by atoms with Gasteiger partial charge < -0.3 is 9.64 Å². The third-order valence-corrected chi connectivity index (χ3v) is 2.94. The van der Waals surface area contributed by atoms with Gasteiger partial charge in [-0.25, -0.2) is 4.98 Å². The van der Waals surface area contributed by atoms with Crippen LogP contribution in [0.4, 0.5) is 0 Å². The van der Waals surface area contributed by atoms with Gasteiger partial charge in [0, 0.05) is 12.7 Å². The summed E-state index contributed by atoms with van der Waals surface area (Å²) in [5, 5.41) is 0. The summed E-state index contributed by atoms with van der Waals surface area (Å²) in [4.78, 5) is 29.5. The number of pyridine rings is 1. The Morgan fingerprint density at radius 2 is 2.10 bits per heavy atom. The van der Waals surface area contributed by atoms with Gasteiger partial charge in [-0.2, -0.15) is 0 Å². The lowest BCUT2D eigenvalue weighted by molar-refractivity contribution is -0.143. The van der Waals surface area contributed by atoms with Crippen molar-refractivity contribution in [3.8, 4) is 0 Å². The molecule has 0 aliphatic heterocycles. The second kappa shape index (κ2) is 7.99. The second-order valence-electron chi connectivity index (χ2n) is 4.75. The monoisotopic (exact) mass is 342 g/mol. The molecule has 0 bridgehead atoms. The summed E-state index contributed by atoms with van der Waals surface area (Å²) in [5.74, 6) is -0.352. The fraction of sp³-hybridized carbons (Fsp3) is 0.500. The molecular weight excluding hydrogens is 324 g/mol. The Kier molecular flexibility index (Phi) is 6.64. The van der Waals surface area contributed by atoms with E-state index in [1.807, 2.05) is 13.8 Å². The molecule has 0 aliphatic rings. The summed E-state index contributed by atoms with van der Waals surface area (Å²) in [6, 6.07) is 3.38. The molecule has 20 heavy (non-hydrogen) atoms. The lowest BCUT2D eigenvalue weighted by atomic mass is 10.2. The molecule has 0 atom stereocenters. The summed E-state index contributed by atoms with van der Waals surface area (Å²) in [7, 11) is 0. The highest BCUT2D eigenvalue weighted by Gasteiger charge is 2.20. The molecule has 0 aromatic carbocycles. The number of nitrogens with zero attached hydrogens (tertiary/aromatic N) is 2. The Balaban J connectivity index is 2.83. The molecule has 0 saturated carbocycles. The molecule has 0 fully saturated rings. The van der Waals surface area contributed by atoms with Gasteiger partial charge in [0.2, 0.25) is 0 Å². The molecule has 1 amide bonds. The van der Waals surface area contributed by atoms with Crippen LogP contribution in [0.5, 0.6) is 0 Å². The van der Waals surface area contributed by atoms with Crippen LogP contribution in [0.1, 0.15) is 31.1 Å². The maximum Gasteiger partial charge on any atom is 0.325 e. The van der Waals surface area contributed by atoms with E-state index in [2.05, 4.69) is 20.9 Å². The summed E-state index contributed by atoms with van der Waals surface area (Å²) >= 11 is 3.22. The van der Waals surface area contributed by atoms with E-state index in [9.17, 15) is 9.59 Å². The minimum Gasteiger partial charge on any atom is -0.465 e. The van der Waals surface area contributed by atoms with Crippen molar-refractivity contribution in [3.05, 3.63) is 28.5 Å². The van der Waals surface area contributed by atoms with Crippen LogP contribution in [0.2, 0.25) is 0 Å². The van der Waals surface area contributed by atoms with E-state index >= 15 is 0 Å². The van der Waals surface area contributed by atoms with Gasteiger partial charge in [0.05, 0.1) is 12.2 Å². The summed E-state index contributed by atoms with van der Waals surface area (Å²) in [6.45, 7) is 6.48. The predicted molar refractivity (Wildman–Crippen MR) is 79.3 cm³/mol. The molecule has 110 valence electrons. The van der Waals surface area contributed by atoms with E-state index in [-0.39, 0.29) is 18.4 Å². The number of hydrogen-bond acceptors (Lipinski definition) is 4. The third kappa shape index (κ3) is 5.28. The van der Waals surface area contributed by atoms with Crippen molar-refractivity contribution in [3.63, 3.8) is 0 Å². The van der Waals surface area contributed by atoms with Crippen molar-refractivity contribution in [2.75, 3.05) is 19.7 Å². The smallest absolute Gasteiger partial charge is 0.325 e. The molecule has 1 rings (SSSR count). The largest absolute Gasteiger partial charge is 0.465 e. The number of carbonyl (C=O) groups excluding carboxylic acids is 2. The topological polar surface area (TPSA) is 59.5 Å². The van der Waals surface area contributed by atoms with E-state index in [1.54, 1.807) is 19.1 Å². The molecule has 0 saturated heterocycles. The van der Waals surface area contributed by atoms with Gasteiger partial charge in [-0.15, -0.1) is 0 Å². The number of ether oxygens (including phenoxy) is 1. The Morgan fingerprint density at radius 1 is 1.40 bits per heavy atom. The normalized spacial score (nSPS) is 10.4. The van der Waals surface area contributed by atoms with Gasteiger partial charge >= 0.3 is 5.97 Å². The van der Waals surface area contributed by atoms with Crippen molar-refractivity contribution in [2.24, 2.45) is 5.92 Å². The quantitative estimate of drug-likeness (QED) is 0.588. The van der Waals surface area contributed by atoms with Gasteiger partial charge in [-0.3, -0.25) is 9.59 Å². The van der Waals surface area contributed by atoms with Crippen LogP contribution < -0.4 is 0 Å². The molecule has 0 radical (unpaired) electrons. The fourth-order valence-corrected chi connectivity index (χ4v) is 1.94. The summed E-state index contributed by atoms with van der Waals surface area (Å²) < 4.78 is 5.57. The minimum atomic E-state index is -0.397. The van der Waals surface area contributed by atoms with E-state index in [0.717, 1.165) is 0 Å².